The fourth-order valence-corrected chi connectivity index (χ4v) is 11.1. The van der Waals surface area contributed by atoms with E-state index in [0.29, 0.717) is 17.4 Å². The van der Waals surface area contributed by atoms with Crippen molar-refractivity contribution in [2.45, 2.75) is 315 Å². The van der Waals surface area contributed by atoms with Crippen molar-refractivity contribution in [2.24, 2.45) is 0 Å². The Morgan fingerprint density at radius 1 is 0.323 bits per heavy atom. The van der Waals surface area contributed by atoms with Gasteiger partial charge in [-0.25, -0.2) is 0 Å². The fourth-order valence-electron chi connectivity index (χ4n) is 10.4. The summed E-state index contributed by atoms with van der Waals surface area (Å²) >= 11 is 0. The van der Waals surface area contributed by atoms with E-state index in [1.165, 1.54) is 141 Å². The number of unbranched alkanes of at least 4 members (excludes halogenated alkanes) is 28. The van der Waals surface area contributed by atoms with Crippen LogP contribution in [0, 0.1) is 0 Å². The molecule has 0 aromatic heterocycles. The molecule has 0 saturated heterocycles. The highest BCUT2D eigenvalue weighted by molar-refractivity contribution is 7.45. The molecule has 0 N–H and O–H groups in total. The molecule has 10 heteroatoms. The number of allylic oxidation sites excluding steroid dienone is 28. The van der Waals surface area contributed by atoms with Gasteiger partial charge in [0, 0.05) is 12.8 Å². The molecule has 0 aromatic carbocycles. The van der Waals surface area contributed by atoms with Gasteiger partial charge in [0.2, 0.25) is 0 Å². The van der Waals surface area contributed by atoms with Crippen LogP contribution in [0.25, 0.3) is 0 Å². The minimum Gasteiger partial charge on any atom is -0.756 e. The van der Waals surface area contributed by atoms with Crippen LogP contribution < -0.4 is 4.89 Å². The zero-order valence-corrected chi connectivity index (χ0v) is 63.2. The molecule has 0 aliphatic rings. The quantitative estimate of drug-likeness (QED) is 0.0195. The Kier molecular flexibility index (Phi) is 71.0. The van der Waals surface area contributed by atoms with Crippen LogP contribution in [0.5, 0.6) is 0 Å². The van der Waals surface area contributed by atoms with E-state index in [-0.39, 0.29) is 32.0 Å². The Bertz CT molecular complexity index is 2230. The van der Waals surface area contributed by atoms with E-state index in [1.54, 1.807) is 0 Å². The monoisotopic (exact) mass is 1350 g/mol. The lowest BCUT2D eigenvalue weighted by Crippen LogP contribution is -2.37. The van der Waals surface area contributed by atoms with E-state index in [2.05, 4.69) is 184 Å². The van der Waals surface area contributed by atoms with Crippen molar-refractivity contribution >= 4 is 19.8 Å². The summed E-state index contributed by atoms with van der Waals surface area (Å²) in [5.41, 5.74) is 0. The topological polar surface area (TPSA) is 111 Å². The summed E-state index contributed by atoms with van der Waals surface area (Å²) in [6, 6.07) is 0. The number of likely N-dealkylation sites (N-methyl/N-ethyl adjacent to an activating group) is 1. The molecule has 2 atom stereocenters. The summed E-state index contributed by atoms with van der Waals surface area (Å²) in [6.07, 6.45) is 113. The number of hydrogen-bond donors (Lipinski definition) is 0. The molecule has 546 valence electrons. The number of carbonyl (C=O) groups excluding carboxylic acids is 2. The highest BCUT2D eigenvalue weighted by Gasteiger charge is 2.22. The summed E-state index contributed by atoms with van der Waals surface area (Å²) in [5.74, 6) is -0.835. The van der Waals surface area contributed by atoms with Gasteiger partial charge in [0.1, 0.15) is 19.8 Å². The first kappa shape index (κ1) is 91.4. The molecule has 0 spiro atoms. The van der Waals surface area contributed by atoms with E-state index in [1.807, 2.05) is 21.1 Å². The van der Waals surface area contributed by atoms with E-state index >= 15 is 0 Å². The third-order valence-corrected chi connectivity index (χ3v) is 17.2. The SMILES string of the molecule is CC/C=C\C/C=C\C/C=C\C/C=C\C/C=C\C/C=C\C/C=C\C/C=C\CCCCCCCCCCCCCCCCCCC(=O)OC(COC(=O)CCCCCCCCCCCCCC/C=C\C/C=C\C/C=C\C/C=C\C/C=C\C/C=C\CC)COP(=O)([O-])OCC[N+](C)(C)C. The van der Waals surface area contributed by atoms with Gasteiger partial charge in [0.05, 0.1) is 27.7 Å². The van der Waals surface area contributed by atoms with Crippen molar-refractivity contribution in [3.63, 3.8) is 0 Å². The van der Waals surface area contributed by atoms with Crippen molar-refractivity contribution in [1.29, 1.82) is 0 Å². The minimum absolute atomic E-state index is 0.0371. The van der Waals surface area contributed by atoms with Crippen LogP contribution in [0.1, 0.15) is 309 Å². The lowest BCUT2D eigenvalue weighted by molar-refractivity contribution is -0.870. The predicted octanol–water partition coefficient (Wildman–Crippen LogP) is 25.4. The molecule has 96 heavy (non-hydrogen) atoms. The van der Waals surface area contributed by atoms with Crippen LogP contribution in [-0.4, -0.2) is 70.0 Å². The van der Waals surface area contributed by atoms with Crippen molar-refractivity contribution < 1.29 is 42.1 Å². The van der Waals surface area contributed by atoms with Crippen LogP contribution >= 0.6 is 7.82 Å². The molecular weight excluding hydrogens is 1210 g/mol. The Morgan fingerprint density at radius 3 is 0.833 bits per heavy atom. The second kappa shape index (κ2) is 74.6. The molecule has 0 aliphatic heterocycles. The number of hydrogen-bond acceptors (Lipinski definition) is 8. The average molecular weight is 1350 g/mol. The second-order valence-electron chi connectivity index (χ2n) is 26.6. The third-order valence-electron chi connectivity index (χ3n) is 16.2. The molecule has 0 rings (SSSR count). The molecule has 2 unspecified atom stereocenters. The second-order valence-corrected chi connectivity index (χ2v) is 28.0. The van der Waals surface area contributed by atoms with Gasteiger partial charge in [-0.3, -0.25) is 14.2 Å². The maximum Gasteiger partial charge on any atom is 0.306 e. The van der Waals surface area contributed by atoms with Crippen LogP contribution in [-0.2, 0) is 32.7 Å². The average Bonchev–Trinajstić information content (AvgIpc) is 2.54. The standard InChI is InChI=1S/C86H144NO8P/c1-6-8-10-12-14-16-18-20-22-24-26-28-30-32-34-36-38-39-40-41-42-43-44-45-46-47-49-51-53-55-57-59-61-63-65-67-69-71-73-75-77-79-86(89)95-84(83-94-96(90,91)93-81-80-87(3,4)5)82-92-85(88)78-76-74-72-70-68-66-64-62-60-58-56-54-52-50-48-37-35-33-31-29-27-25-23-21-19-17-15-13-11-9-7-2/h8-11,14-17,20-23,26-29,32-35,38-39,41-42,44-45,48,50,84H,6-7,12-13,18-19,24-25,30-31,36-37,40,43,46-47,49,51-83H2,1-5H3/b10-8-,11-9-,16-14-,17-15-,22-20-,23-21-,28-26-,29-27-,34-32-,35-33-,39-38-,42-41-,45-44-,50-48-. The summed E-state index contributed by atoms with van der Waals surface area (Å²) in [5, 5.41) is 0. The first-order chi connectivity index (χ1) is 47.0. The highest BCUT2D eigenvalue weighted by Crippen LogP contribution is 2.38. The largest absolute Gasteiger partial charge is 0.756 e. The zero-order valence-electron chi connectivity index (χ0n) is 62.3. The van der Waals surface area contributed by atoms with Gasteiger partial charge in [-0.2, -0.15) is 0 Å². The van der Waals surface area contributed by atoms with Crippen LogP contribution in [0.3, 0.4) is 0 Å². The number of nitrogens with zero attached hydrogens (tertiary/aromatic N) is 1. The lowest BCUT2D eigenvalue weighted by atomic mass is 10.0. The van der Waals surface area contributed by atoms with Gasteiger partial charge < -0.3 is 27.9 Å². The lowest BCUT2D eigenvalue weighted by Gasteiger charge is -2.28. The smallest absolute Gasteiger partial charge is 0.306 e. The van der Waals surface area contributed by atoms with E-state index < -0.39 is 26.5 Å². The number of esters is 2. The third kappa shape index (κ3) is 78.4. The van der Waals surface area contributed by atoms with Crippen LogP contribution in [0.4, 0.5) is 0 Å². The Balaban J connectivity index is 4.02. The molecule has 0 fully saturated rings. The van der Waals surface area contributed by atoms with Crippen molar-refractivity contribution in [2.75, 3.05) is 47.5 Å². The predicted molar refractivity (Wildman–Crippen MR) is 415 cm³/mol. The number of phosphoric ester groups is 1. The Morgan fingerprint density at radius 2 is 0.562 bits per heavy atom. The summed E-state index contributed by atoms with van der Waals surface area (Å²) < 4.78 is 34.4. The number of ether oxygens (including phenoxy) is 2. The van der Waals surface area contributed by atoms with Crippen molar-refractivity contribution in [3.05, 3.63) is 170 Å². The summed E-state index contributed by atoms with van der Waals surface area (Å²) in [7, 11) is 1.16. The van der Waals surface area contributed by atoms with E-state index in [4.69, 9.17) is 18.5 Å². The maximum absolute atomic E-state index is 12.9. The van der Waals surface area contributed by atoms with Crippen molar-refractivity contribution in [1.82, 2.24) is 0 Å². The molecular formula is C86H144NO8P. The molecule has 0 amide bonds. The molecule has 0 aliphatic carbocycles. The highest BCUT2D eigenvalue weighted by atomic mass is 31.2. The van der Waals surface area contributed by atoms with Crippen LogP contribution in [0.15, 0.2) is 170 Å². The van der Waals surface area contributed by atoms with Crippen molar-refractivity contribution in [3.8, 4) is 0 Å². The van der Waals surface area contributed by atoms with Gasteiger partial charge >= 0.3 is 11.9 Å². The van der Waals surface area contributed by atoms with Gasteiger partial charge in [-0.1, -0.05) is 338 Å². The van der Waals surface area contributed by atoms with Gasteiger partial charge in [0.15, 0.2) is 6.10 Å². The first-order valence-electron chi connectivity index (χ1n) is 38.8. The van der Waals surface area contributed by atoms with E-state index in [0.717, 1.165) is 135 Å². The van der Waals surface area contributed by atoms with Gasteiger partial charge in [-0.15, -0.1) is 0 Å². The Hall–Kier alpha value is -4.63. The summed E-state index contributed by atoms with van der Waals surface area (Å²) in [6.45, 7) is 4.02. The minimum atomic E-state index is -4.65. The molecule has 0 saturated carbocycles. The number of phosphoric acid groups is 1. The Labute approximate surface area is 591 Å². The maximum atomic E-state index is 12.9. The summed E-state index contributed by atoms with van der Waals surface area (Å²) in [4.78, 5) is 38.2. The molecule has 0 radical (unpaired) electrons. The molecule has 0 heterocycles. The van der Waals surface area contributed by atoms with Gasteiger partial charge in [0.25, 0.3) is 7.82 Å². The fraction of sp³-hybridized carbons (Fsp3) is 0.651. The number of quaternary nitrogens is 1. The van der Waals surface area contributed by atoms with E-state index in [9.17, 15) is 19.0 Å². The number of carbonyl (C=O) groups is 2. The molecule has 9 nitrogen and oxygen atoms in total. The zero-order chi connectivity index (χ0) is 69.7. The van der Waals surface area contributed by atoms with Crippen LogP contribution in [0.2, 0.25) is 0 Å². The normalized spacial score (nSPS) is 14.0. The molecule has 0 aromatic rings. The molecule has 0 bridgehead atoms. The number of rotatable bonds is 70. The first-order valence-corrected chi connectivity index (χ1v) is 40.3. The van der Waals surface area contributed by atoms with Gasteiger partial charge in [-0.05, 0) is 128 Å².